The van der Waals surface area contributed by atoms with Crippen molar-refractivity contribution < 1.29 is 13.5 Å². The van der Waals surface area contributed by atoms with Gasteiger partial charge in [-0.15, -0.1) is 11.6 Å². The average Bonchev–Trinajstić information content (AvgIpc) is 2.71. The van der Waals surface area contributed by atoms with E-state index in [4.69, 9.17) is 15.7 Å². The van der Waals surface area contributed by atoms with Gasteiger partial charge >= 0.3 is 0 Å². The van der Waals surface area contributed by atoms with Gasteiger partial charge < -0.3 is 8.68 Å². The predicted octanol–water partition coefficient (Wildman–Crippen LogP) is 7.89. The Morgan fingerprint density at radius 1 is 0.909 bits per heavy atom. The summed E-state index contributed by atoms with van der Waals surface area (Å²) < 4.78 is 21.1. The first-order valence-corrected chi connectivity index (χ1v) is 20.5. The van der Waals surface area contributed by atoms with E-state index in [9.17, 15) is 9.36 Å². The summed E-state index contributed by atoms with van der Waals surface area (Å²) in [4.78, 5) is 13.8. The van der Waals surface area contributed by atoms with Gasteiger partial charge in [0, 0.05) is 22.9 Å². The van der Waals surface area contributed by atoms with E-state index in [0.717, 1.165) is 41.6 Å². The van der Waals surface area contributed by atoms with Crippen molar-refractivity contribution in [3.63, 3.8) is 0 Å². The number of alkyl halides is 1. The van der Waals surface area contributed by atoms with Gasteiger partial charge in [-0.1, -0.05) is 48.0 Å². The molecule has 2 aromatic carbocycles. The van der Waals surface area contributed by atoms with Crippen LogP contribution in [0.1, 0.15) is 39.9 Å². The molecule has 0 saturated heterocycles. The summed E-state index contributed by atoms with van der Waals surface area (Å²) >= 11 is 5.90. The minimum atomic E-state index is -3.29. The molecule has 0 heterocycles. The van der Waals surface area contributed by atoms with Gasteiger partial charge in [-0.2, -0.15) is 0 Å². The third-order valence-electron chi connectivity index (χ3n) is 6.11. The van der Waals surface area contributed by atoms with Crippen molar-refractivity contribution in [1.29, 1.82) is 0 Å². The van der Waals surface area contributed by atoms with E-state index in [2.05, 4.69) is 26.2 Å². The molecule has 1 atom stereocenters. The molecule has 0 amide bonds. The molecule has 0 aromatic heterocycles. The number of hydrogen-bond donors (Lipinski definition) is 0. The lowest BCUT2D eigenvalue weighted by Crippen LogP contribution is -2.44. The van der Waals surface area contributed by atoms with Crippen molar-refractivity contribution >= 4 is 46.2 Å². The van der Waals surface area contributed by atoms with Crippen LogP contribution in [0.15, 0.2) is 42.5 Å². The quantitative estimate of drug-likeness (QED) is 0.162. The molecule has 0 saturated carbocycles. The summed E-state index contributed by atoms with van der Waals surface area (Å²) in [5.74, 6) is 0.669. The van der Waals surface area contributed by atoms with Crippen LogP contribution in [0.5, 0.6) is 0 Å². The minimum absolute atomic E-state index is 0.207. The Balaban J connectivity index is 2.28. The lowest BCUT2D eigenvalue weighted by Gasteiger charge is -2.34. The zero-order valence-electron chi connectivity index (χ0n) is 21.3. The molecule has 3 nitrogen and oxygen atoms in total. The summed E-state index contributed by atoms with van der Waals surface area (Å²) in [6, 6.07) is 15.3. The molecular weight excluding hydrogens is 483 g/mol. The molecule has 0 aliphatic heterocycles. The van der Waals surface area contributed by atoms with E-state index in [0.29, 0.717) is 22.9 Å². The SMILES string of the molecule is Cc1cc(C)c(C(=O)P(=O)(CCC[Si](C)(C)O[Si](C)(C)CCCCl)c2ccccc2)c(C)c1. The van der Waals surface area contributed by atoms with E-state index in [1.54, 1.807) is 0 Å². The molecule has 0 aliphatic rings. The molecule has 0 aliphatic carbocycles. The van der Waals surface area contributed by atoms with Crippen LogP contribution in [-0.4, -0.2) is 34.2 Å². The molecule has 2 aromatic rings. The van der Waals surface area contributed by atoms with Crippen LogP contribution in [0.4, 0.5) is 0 Å². The second kappa shape index (κ2) is 11.6. The zero-order chi connectivity index (χ0) is 24.9. The van der Waals surface area contributed by atoms with Gasteiger partial charge in [0.15, 0.2) is 23.8 Å². The number of aryl methyl sites for hydroxylation is 3. The fourth-order valence-electron chi connectivity index (χ4n) is 4.78. The maximum atomic E-state index is 14.4. The normalized spacial score (nSPS) is 14.2. The maximum absolute atomic E-state index is 14.4. The van der Waals surface area contributed by atoms with Crippen molar-refractivity contribution in [3.05, 3.63) is 64.7 Å². The number of carbonyl (C=O) groups is 1. The third kappa shape index (κ3) is 7.76. The van der Waals surface area contributed by atoms with Gasteiger partial charge in [0.05, 0.1) is 0 Å². The van der Waals surface area contributed by atoms with Gasteiger partial charge in [0.2, 0.25) is 5.52 Å². The van der Waals surface area contributed by atoms with Crippen LogP contribution in [0, 0.1) is 20.8 Å². The van der Waals surface area contributed by atoms with Crippen LogP contribution in [-0.2, 0) is 8.68 Å². The highest BCUT2D eigenvalue weighted by molar-refractivity contribution is 7.87. The molecular formula is C26H40ClO3PSi2. The molecule has 33 heavy (non-hydrogen) atoms. The lowest BCUT2D eigenvalue weighted by atomic mass is 10.0. The van der Waals surface area contributed by atoms with E-state index < -0.39 is 23.8 Å². The zero-order valence-corrected chi connectivity index (χ0v) is 25.0. The van der Waals surface area contributed by atoms with Crippen LogP contribution in [0.2, 0.25) is 38.3 Å². The van der Waals surface area contributed by atoms with Crippen molar-refractivity contribution in [2.24, 2.45) is 0 Å². The summed E-state index contributed by atoms with van der Waals surface area (Å²) in [5.41, 5.74) is 3.33. The lowest BCUT2D eigenvalue weighted by molar-refractivity contribution is 0.107. The van der Waals surface area contributed by atoms with Crippen molar-refractivity contribution in [2.75, 3.05) is 12.0 Å². The van der Waals surface area contributed by atoms with Crippen LogP contribution >= 0.6 is 18.7 Å². The molecule has 0 spiro atoms. The predicted molar refractivity (Wildman–Crippen MR) is 149 cm³/mol. The Morgan fingerprint density at radius 2 is 1.42 bits per heavy atom. The van der Waals surface area contributed by atoms with Crippen molar-refractivity contribution in [3.8, 4) is 0 Å². The van der Waals surface area contributed by atoms with Gasteiger partial charge in [-0.3, -0.25) is 4.79 Å². The Hall–Kier alpha value is -0.976. The number of hydrogen-bond acceptors (Lipinski definition) is 3. The number of benzene rings is 2. The maximum Gasteiger partial charge on any atom is 0.226 e. The highest BCUT2D eigenvalue weighted by Gasteiger charge is 2.38. The molecule has 0 fully saturated rings. The fourth-order valence-corrected chi connectivity index (χ4v) is 17.0. The number of rotatable bonds is 12. The Kier molecular flexibility index (Phi) is 9.97. The molecule has 182 valence electrons. The Bertz CT molecular complexity index is 983. The summed E-state index contributed by atoms with van der Waals surface area (Å²) in [6.45, 7) is 14.9. The topological polar surface area (TPSA) is 43.4 Å². The van der Waals surface area contributed by atoms with E-state index in [1.807, 2.05) is 63.2 Å². The monoisotopic (exact) mass is 522 g/mol. The van der Waals surface area contributed by atoms with E-state index >= 15 is 0 Å². The number of carbonyl (C=O) groups excluding carboxylic acids is 1. The fraction of sp³-hybridized carbons (Fsp3) is 0.500. The molecule has 0 bridgehead atoms. The standard InChI is InChI=1S/C26H40ClO3PSi2/c1-21-19-22(2)25(23(3)20-21)26(28)31(29,24-13-9-8-10-14-24)16-12-18-33(6,7)30-32(4,5)17-11-15-27/h8-10,13-14,19-20H,11-12,15-18H2,1-7H3. The number of halogens is 1. The first-order chi connectivity index (χ1) is 15.3. The first kappa shape index (κ1) is 28.3. The van der Waals surface area contributed by atoms with Crippen LogP contribution in [0.3, 0.4) is 0 Å². The summed E-state index contributed by atoms with van der Waals surface area (Å²) in [7, 11) is -7.01. The van der Waals surface area contributed by atoms with Gasteiger partial charge in [0.25, 0.3) is 0 Å². The Labute approximate surface area is 207 Å². The van der Waals surface area contributed by atoms with Gasteiger partial charge in [-0.25, -0.2) is 0 Å². The summed E-state index contributed by atoms with van der Waals surface area (Å²) in [5, 5.41) is 0.659. The second-order valence-electron chi connectivity index (χ2n) is 10.4. The highest BCUT2D eigenvalue weighted by atomic mass is 35.5. The molecule has 0 radical (unpaired) electrons. The van der Waals surface area contributed by atoms with E-state index in [1.165, 1.54) is 0 Å². The molecule has 7 heteroatoms. The average molecular weight is 523 g/mol. The largest absolute Gasteiger partial charge is 0.455 e. The van der Waals surface area contributed by atoms with Crippen molar-refractivity contribution in [2.45, 2.75) is 71.9 Å². The first-order valence-electron chi connectivity index (χ1n) is 11.8. The van der Waals surface area contributed by atoms with E-state index in [-0.39, 0.29) is 5.52 Å². The van der Waals surface area contributed by atoms with Gasteiger partial charge in [-0.05, 0) is 83.0 Å². The van der Waals surface area contributed by atoms with Crippen LogP contribution in [0.25, 0.3) is 0 Å². The second-order valence-corrected chi connectivity index (χ2v) is 22.5. The van der Waals surface area contributed by atoms with Gasteiger partial charge in [0.1, 0.15) is 0 Å². The molecule has 0 N–H and O–H groups in total. The Morgan fingerprint density at radius 3 is 1.94 bits per heavy atom. The minimum Gasteiger partial charge on any atom is -0.455 e. The summed E-state index contributed by atoms with van der Waals surface area (Å²) in [6.07, 6.45) is 2.09. The molecule has 2 rings (SSSR count). The third-order valence-corrected chi connectivity index (χ3v) is 16.9. The van der Waals surface area contributed by atoms with Crippen LogP contribution < -0.4 is 5.30 Å². The smallest absolute Gasteiger partial charge is 0.226 e. The highest BCUT2D eigenvalue weighted by Crippen LogP contribution is 2.50. The molecule has 1 unspecified atom stereocenters. The van der Waals surface area contributed by atoms with Crippen molar-refractivity contribution in [1.82, 2.24) is 0 Å².